The molecule has 2 saturated heterocycles. The average Bonchev–Trinajstić information content (AvgIpc) is 3.40. The lowest BCUT2D eigenvalue weighted by Crippen LogP contribution is -2.44. The summed E-state index contributed by atoms with van der Waals surface area (Å²) in [6.45, 7) is 0. The van der Waals surface area contributed by atoms with E-state index in [0.29, 0.717) is 16.3 Å². The number of anilines is 1. The molecule has 0 bridgehead atoms. The molecule has 0 N–H and O–H groups in total. The first-order valence-corrected chi connectivity index (χ1v) is 12.6. The molecule has 0 radical (unpaired) electrons. The van der Waals surface area contributed by atoms with Crippen LogP contribution in [0.4, 0.5) is 5.69 Å². The molecule has 0 aromatic heterocycles. The lowest BCUT2D eigenvalue weighted by atomic mass is 9.83. The number of rotatable bonds is 3. The van der Waals surface area contributed by atoms with Crippen molar-refractivity contribution < 1.29 is 14.4 Å². The van der Waals surface area contributed by atoms with Crippen molar-refractivity contribution in [2.45, 2.75) is 12.1 Å². The predicted octanol–water partition coefficient (Wildman–Crippen LogP) is 5.89. The van der Waals surface area contributed by atoms with Gasteiger partial charge in [0.05, 0.1) is 23.6 Å². The van der Waals surface area contributed by atoms with Crippen LogP contribution in [0.3, 0.4) is 0 Å². The summed E-state index contributed by atoms with van der Waals surface area (Å²) in [5.41, 5.74) is 2.97. The minimum atomic E-state index is -0.810. The Kier molecular flexibility index (Phi) is 4.85. The highest BCUT2D eigenvalue weighted by Gasteiger charge is 2.64. The standard InChI is InChI=1S/C31H21ClN2O3/c32-21-14-12-20(13-15-21)29(35)28-26-25(27-23-10-4-2-7-19(23)16-17-33(27)28)30(36)34(31(26)37)24-11-5-8-18-6-1-3-9-22(18)24/h1-17,25-28H. The SMILES string of the molecule is O=C(c1ccc(Cl)cc1)C1C2C(=O)N(c3cccc4ccccc34)C(=O)C2C2c3ccccc3C=CN12. The third-order valence-corrected chi connectivity index (χ3v) is 8.12. The number of hydrogen-bond donors (Lipinski definition) is 0. The van der Waals surface area contributed by atoms with Crippen LogP contribution in [0.1, 0.15) is 27.5 Å². The van der Waals surface area contributed by atoms with E-state index in [0.717, 1.165) is 21.9 Å². The molecule has 3 aliphatic rings. The van der Waals surface area contributed by atoms with Gasteiger partial charge in [-0.05, 0) is 52.9 Å². The van der Waals surface area contributed by atoms with E-state index in [9.17, 15) is 14.4 Å². The second kappa shape index (κ2) is 8.15. The van der Waals surface area contributed by atoms with Crippen LogP contribution in [0, 0.1) is 11.8 Å². The number of amides is 2. The van der Waals surface area contributed by atoms with E-state index in [1.165, 1.54) is 4.90 Å². The molecule has 2 fully saturated rings. The monoisotopic (exact) mass is 504 g/mol. The third kappa shape index (κ3) is 3.14. The van der Waals surface area contributed by atoms with Crippen LogP contribution in [0.15, 0.2) is 97.2 Å². The Labute approximate surface area is 218 Å². The number of carbonyl (C=O) groups is 3. The number of halogens is 1. The highest BCUT2D eigenvalue weighted by Crippen LogP contribution is 2.54. The summed E-state index contributed by atoms with van der Waals surface area (Å²) in [4.78, 5) is 45.6. The summed E-state index contributed by atoms with van der Waals surface area (Å²) in [5, 5.41) is 2.30. The maximum absolute atomic E-state index is 14.2. The molecule has 4 atom stereocenters. The van der Waals surface area contributed by atoms with Crippen molar-refractivity contribution in [3.05, 3.63) is 119 Å². The average molecular weight is 505 g/mol. The van der Waals surface area contributed by atoms with Gasteiger partial charge in [-0.15, -0.1) is 0 Å². The molecule has 37 heavy (non-hydrogen) atoms. The van der Waals surface area contributed by atoms with E-state index < -0.39 is 23.9 Å². The lowest BCUT2D eigenvalue weighted by Gasteiger charge is -2.35. The number of ketones is 1. The zero-order chi connectivity index (χ0) is 25.3. The van der Waals surface area contributed by atoms with E-state index in [2.05, 4.69) is 0 Å². The van der Waals surface area contributed by atoms with E-state index in [1.54, 1.807) is 24.3 Å². The van der Waals surface area contributed by atoms with Gasteiger partial charge in [-0.2, -0.15) is 0 Å². The Morgan fingerprint density at radius 1 is 0.757 bits per heavy atom. The van der Waals surface area contributed by atoms with Crippen molar-refractivity contribution in [3.8, 4) is 0 Å². The Hall–Kier alpha value is -4.22. The van der Waals surface area contributed by atoms with Gasteiger partial charge in [0.25, 0.3) is 0 Å². The Bertz CT molecular complexity index is 1640. The molecule has 3 heterocycles. The summed E-state index contributed by atoms with van der Waals surface area (Å²) in [7, 11) is 0. The maximum atomic E-state index is 14.2. The summed E-state index contributed by atoms with van der Waals surface area (Å²) >= 11 is 6.07. The lowest BCUT2D eigenvalue weighted by molar-refractivity contribution is -0.123. The normalized spacial score (nSPS) is 23.8. The first-order valence-electron chi connectivity index (χ1n) is 12.2. The van der Waals surface area contributed by atoms with E-state index in [4.69, 9.17) is 11.6 Å². The number of fused-ring (bicyclic) bond motifs is 6. The summed E-state index contributed by atoms with van der Waals surface area (Å²) in [6, 6.07) is 26.7. The highest BCUT2D eigenvalue weighted by atomic mass is 35.5. The van der Waals surface area contributed by atoms with Gasteiger partial charge in [0.15, 0.2) is 5.78 Å². The minimum Gasteiger partial charge on any atom is -0.358 e. The molecule has 4 aromatic rings. The van der Waals surface area contributed by atoms with Crippen molar-refractivity contribution >= 4 is 51.7 Å². The van der Waals surface area contributed by atoms with E-state index >= 15 is 0 Å². The van der Waals surface area contributed by atoms with Crippen LogP contribution in [0.5, 0.6) is 0 Å². The fourth-order valence-electron chi connectivity index (χ4n) is 6.28. The molecule has 5 nitrogen and oxygen atoms in total. The molecule has 4 aromatic carbocycles. The van der Waals surface area contributed by atoms with Crippen molar-refractivity contribution in [3.63, 3.8) is 0 Å². The number of benzene rings is 4. The summed E-state index contributed by atoms with van der Waals surface area (Å²) in [5.74, 6) is -2.29. The van der Waals surface area contributed by atoms with Crippen LogP contribution in [-0.2, 0) is 9.59 Å². The molecule has 7 rings (SSSR count). The van der Waals surface area contributed by atoms with Crippen LogP contribution >= 0.6 is 11.6 Å². The van der Waals surface area contributed by atoms with Crippen LogP contribution in [-0.4, -0.2) is 28.5 Å². The second-order valence-electron chi connectivity index (χ2n) is 9.71. The Morgan fingerprint density at radius 3 is 2.30 bits per heavy atom. The maximum Gasteiger partial charge on any atom is 0.240 e. The summed E-state index contributed by atoms with van der Waals surface area (Å²) in [6.07, 6.45) is 3.82. The number of Topliss-reactive ketones (excluding diaryl/α,β-unsaturated/α-hetero) is 1. The zero-order valence-corrected chi connectivity index (χ0v) is 20.4. The molecular formula is C31H21ClN2O3. The Balaban J connectivity index is 1.40. The van der Waals surface area contributed by atoms with Gasteiger partial charge in [-0.1, -0.05) is 72.3 Å². The number of hydrogen-bond acceptors (Lipinski definition) is 4. The van der Waals surface area contributed by atoms with Gasteiger partial charge in [-0.3, -0.25) is 14.4 Å². The molecule has 3 aliphatic heterocycles. The smallest absolute Gasteiger partial charge is 0.240 e. The fourth-order valence-corrected chi connectivity index (χ4v) is 6.41. The molecule has 4 unspecified atom stereocenters. The molecule has 2 amide bonds. The fraction of sp³-hybridized carbons (Fsp3) is 0.129. The topological polar surface area (TPSA) is 57.7 Å². The summed E-state index contributed by atoms with van der Waals surface area (Å²) < 4.78 is 0. The highest BCUT2D eigenvalue weighted by molar-refractivity contribution is 6.30. The first-order chi connectivity index (χ1) is 18.0. The van der Waals surface area contributed by atoms with Gasteiger partial charge in [0.1, 0.15) is 6.04 Å². The van der Waals surface area contributed by atoms with Gasteiger partial charge >= 0.3 is 0 Å². The van der Waals surface area contributed by atoms with Crippen molar-refractivity contribution in [2.75, 3.05) is 4.90 Å². The Morgan fingerprint density at radius 2 is 1.46 bits per heavy atom. The number of carbonyl (C=O) groups excluding carboxylic acids is 3. The third-order valence-electron chi connectivity index (χ3n) is 7.87. The molecule has 0 spiro atoms. The molecule has 0 saturated carbocycles. The van der Waals surface area contributed by atoms with Crippen molar-refractivity contribution in [2.24, 2.45) is 11.8 Å². The number of nitrogens with zero attached hydrogens (tertiary/aromatic N) is 2. The molecule has 0 aliphatic carbocycles. The van der Waals surface area contributed by atoms with Crippen LogP contribution < -0.4 is 4.90 Å². The van der Waals surface area contributed by atoms with Crippen molar-refractivity contribution in [1.29, 1.82) is 0 Å². The second-order valence-corrected chi connectivity index (χ2v) is 10.2. The van der Waals surface area contributed by atoms with Gasteiger partial charge < -0.3 is 4.90 Å². The predicted molar refractivity (Wildman–Crippen MR) is 143 cm³/mol. The van der Waals surface area contributed by atoms with E-state index in [1.807, 2.05) is 83.9 Å². The van der Waals surface area contributed by atoms with Crippen molar-refractivity contribution in [1.82, 2.24) is 4.90 Å². The van der Waals surface area contributed by atoms with Gasteiger partial charge in [-0.25, -0.2) is 4.90 Å². The number of imide groups is 1. The molecular weight excluding hydrogens is 484 g/mol. The largest absolute Gasteiger partial charge is 0.358 e. The zero-order valence-electron chi connectivity index (χ0n) is 19.6. The van der Waals surface area contributed by atoms with Gasteiger partial charge in [0, 0.05) is 22.2 Å². The first kappa shape index (κ1) is 22.0. The van der Waals surface area contributed by atoms with Crippen LogP contribution in [0.25, 0.3) is 16.8 Å². The minimum absolute atomic E-state index is 0.195. The quantitative estimate of drug-likeness (QED) is 0.258. The molecule has 6 heteroatoms. The van der Waals surface area contributed by atoms with Crippen LogP contribution in [0.2, 0.25) is 5.02 Å². The molecule has 180 valence electrons. The van der Waals surface area contributed by atoms with Gasteiger partial charge in [0.2, 0.25) is 11.8 Å². The van der Waals surface area contributed by atoms with E-state index in [-0.39, 0.29) is 17.6 Å².